The number of halogens is 1. The maximum absolute atomic E-state index is 9.36. The van der Waals surface area contributed by atoms with Crippen LogP contribution in [0.4, 0.5) is 0 Å². The van der Waals surface area contributed by atoms with Crippen LogP contribution in [-0.4, -0.2) is 48.4 Å². The minimum absolute atomic E-state index is 0.0736. The first-order chi connectivity index (χ1) is 5.74. The summed E-state index contributed by atoms with van der Waals surface area (Å²) in [5.41, 5.74) is 0. The number of ether oxygens (including phenoxy) is 3. The number of rotatable bonds is 3. The fourth-order valence-corrected chi connectivity index (χ4v) is 2.08. The van der Waals surface area contributed by atoms with E-state index in [9.17, 15) is 5.11 Å². The highest BCUT2D eigenvalue weighted by atomic mass is 127. The lowest BCUT2D eigenvalue weighted by Crippen LogP contribution is -2.36. The third kappa shape index (κ3) is 1.90. The fraction of sp³-hybridized carbons (Fsp3) is 1.00. The molecule has 1 aliphatic rings. The van der Waals surface area contributed by atoms with Crippen LogP contribution in [0.1, 0.15) is 0 Å². The molecule has 72 valence electrons. The summed E-state index contributed by atoms with van der Waals surface area (Å²) in [6, 6.07) is 0. The van der Waals surface area contributed by atoms with E-state index in [2.05, 4.69) is 22.6 Å². The van der Waals surface area contributed by atoms with Crippen molar-refractivity contribution in [3.05, 3.63) is 0 Å². The highest BCUT2D eigenvalue weighted by Gasteiger charge is 2.43. The van der Waals surface area contributed by atoms with Gasteiger partial charge in [0.05, 0.1) is 6.10 Å². The van der Waals surface area contributed by atoms with Gasteiger partial charge >= 0.3 is 0 Å². The second kappa shape index (κ2) is 4.71. The summed E-state index contributed by atoms with van der Waals surface area (Å²) >= 11 is 2.19. The molecule has 1 saturated heterocycles. The van der Waals surface area contributed by atoms with Gasteiger partial charge in [-0.15, -0.1) is 0 Å². The van der Waals surface area contributed by atoms with Crippen molar-refractivity contribution in [3.8, 4) is 0 Å². The van der Waals surface area contributed by atoms with Crippen LogP contribution in [0.2, 0.25) is 0 Å². The van der Waals surface area contributed by atoms with E-state index in [4.69, 9.17) is 14.2 Å². The van der Waals surface area contributed by atoms with Crippen molar-refractivity contribution in [2.24, 2.45) is 0 Å². The van der Waals surface area contributed by atoms with Crippen molar-refractivity contribution in [3.63, 3.8) is 0 Å². The third-order valence-electron chi connectivity index (χ3n) is 1.98. The Hall–Kier alpha value is 0.570. The molecule has 0 aromatic heterocycles. The van der Waals surface area contributed by atoms with Gasteiger partial charge < -0.3 is 19.3 Å². The minimum Gasteiger partial charge on any atom is -0.376 e. The Balaban J connectivity index is 2.61. The molecule has 0 aromatic carbocycles. The van der Waals surface area contributed by atoms with Gasteiger partial charge in [-0.25, -0.2) is 0 Å². The maximum atomic E-state index is 9.36. The molecule has 0 saturated carbocycles. The summed E-state index contributed by atoms with van der Waals surface area (Å²) < 4.78 is 16.2. The molecule has 0 amide bonds. The third-order valence-corrected chi connectivity index (χ3v) is 2.85. The zero-order valence-corrected chi connectivity index (χ0v) is 9.22. The van der Waals surface area contributed by atoms with Crippen molar-refractivity contribution >= 4 is 22.6 Å². The molecule has 1 aliphatic heterocycles. The van der Waals surface area contributed by atoms with Crippen LogP contribution in [0.15, 0.2) is 0 Å². The second-order valence-electron chi connectivity index (χ2n) is 2.62. The molecule has 1 heterocycles. The van der Waals surface area contributed by atoms with E-state index in [1.807, 2.05) is 0 Å². The highest BCUT2D eigenvalue weighted by molar-refractivity contribution is 14.1. The molecular weight excluding hydrogens is 275 g/mol. The van der Waals surface area contributed by atoms with Gasteiger partial charge in [0.1, 0.15) is 12.2 Å². The molecule has 4 atom stereocenters. The van der Waals surface area contributed by atoms with Gasteiger partial charge in [-0.05, 0) is 0 Å². The second-order valence-corrected chi connectivity index (χ2v) is 3.50. The number of aliphatic hydroxyl groups is 1. The molecule has 1 rings (SSSR count). The number of aliphatic hydroxyl groups excluding tert-OH is 1. The number of methoxy groups -OCH3 is 2. The summed E-state index contributed by atoms with van der Waals surface area (Å²) in [7, 11) is 3.14. The van der Waals surface area contributed by atoms with E-state index in [1.54, 1.807) is 14.2 Å². The monoisotopic (exact) mass is 288 g/mol. The van der Waals surface area contributed by atoms with Crippen molar-refractivity contribution in [1.82, 2.24) is 0 Å². The van der Waals surface area contributed by atoms with E-state index in [0.717, 1.165) is 4.43 Å². The normalized spacial score (nSPS) is 42.0. The molecular formula is C7H13IO4. The summed E-state index contributed by atoms with van der Waals surface area (Å²) in [5.74, 6) is 0. The molecule has 0 aromatic rings. The van der Waals surface area contributed by atoms with Gasteiger partial charge in [-0.2, -0.15) is 0 Å². The van der Waals surface area contributed by atoms with Crippen LogP contribution in [0.5, 0.6) is 0 Å². The molecule has 4 nitrogen and oxygen atoms in total. The maximum Gasteiger partial charge on any atom is 0.184 e. The van der Waals surface area contributed by atoms with Crippen LogP contribution in [0, 0.1) is 0 Å². The molecule has 1 N–H and O–H groups in total. The van der Waals surface area contributed by atoms with Gasteiger partial charge in [0.25, 0.3) is 0 Å². The van der Waals surface area contributed by atoms with Crippen molar-refractivity contribution in [2.45, 2.75) is 24.6 Å². The van der Waals surface area contributed by atoms with Crippen molar-refractivity contribution in [2.75, 3.05) is 18.6 Å². The first-order valence-electron chi connectivity index (χ1n) is 3.69. The Labute approximate surface area is 85.3 Å². The molecule has 0 unspecified atom stereocenters. The van der Waals surface area contributed by atoms with Crippen LogP contribution < -0.4 is 0 Å². The molecule has 12 heavy (non-hydrogen) atoms. The van der Waals surface area contributed by atoms with Gasteiger partial charge in [-0.1, -0.05) is 22.6 Å². The van der Waals surface area contributed by atoms with Crippen molar-refractivity contribution in [1.29, 1.82) is 0 Å². The fourth-order valence-electron chi connectivity index (χ4n) is 1.37. The standard InChI is InChI=1S/C7H13IO4/c1-10-5-4(3-8)12-7(9)6(5)11-2/h4-7,9H,3H2,1-2H3/t4-,5-,6-,7-/m1/s1. The zero-order valence-electron chi connectivity index (χ0n) is 7.07. The summed E-state index contributed by atoms with van der Waals surface area (Å²) in [6.45, 7) is 0. The van der Waals surface area contributed by atoms with Gasteiger partial charge in [0, 0.05) is 18.6 Å². The average Bonchev–Trinajstić information content (AvgIpc) is 2.40. The topological polar surface area (TPSA) is 47.9 Å². The smallest absolute Gasteiger partial charge is 0.184 e. The highest BCUT2D eigenvalue weighted by Crippen LogP contribution is 2.25. The molecule has 0 spiro atoms. The van der Waals surface area contributed by atoms with Crippen molar-refractivity contribution < 1.29 is 19.3 Å². The average molecular weight is 288 g/mol. The van der Waals surface area contributed by atoms with Gasteiger partial charge in [0.2, 0.25) is 0 Å². The Morgan fingerprint density at radius 2 is 1.92 bits per heavy atom. The molecule has 0 radical (unpaired) electrons. The largest absolute Gasteiger partial charge is 0.376 e. The molecule has 5 heteroatoms. The van der Waals surface area contributed by atoms with E-state index in [1.165, 1.54) is 0 Å². The van der Waals surface area contributed by atoms with Crippen LogP contribution >= 0.6 is 22.6 Å². The van der Waals surface area contributed by atoms with Gasteiger partial charge in [0.15, 0.2) is 6.29 Å². The minimum atomic E-state index is -0.861. The van der Waals surface area contributed by atoms with Crippen LogP contribution in [0.3, 0.4) is 0 Å². The molecule has 0 aliphatic carbocycles. The zero-order chi connectivity index (χ0) is 9.14. The number of alkyl halides is 1. The lowest BCUT2D eigenvalue weighted by atomic mass is 10.1. The quantitative estimate of drug-likeness (QED) is 0.594. The summed E-state index contributed by atoms with van der Waals surface area (Å²) in [4.78, 5) is 0. The van der Waals surface area contributed by atoms with E-state index >= 15 is 0 Å². The predicted octanol–water partition coefficient (Wildman–Crippen LogP) is 0.169. The lowest BCUT2D eigenvalue weighted by molar-refractivity contribution is -0.132. The van der Waals surface area contributed by atoms with E-state index in [0.29, 0.717) is 0 Å². The molecule has 1 fully saturated rings. The van der Waals surface area contributed by atoms with Crippen LogP contribution in [0.25, 0.3) is 0 Å². The first kappa shape index (κ1) is 10.6. The first-order valence-corrected chi connectivity index (χ1v) is 5.22. The predicted molar refractivity (Wildman–Crippen MR) is 51.4 cm³/mol. The number of hydrogen-bond donors (Lipinski definition) is 1. The number of hydrogen-bond acceptors (Lipinski definition) is 4. The van der Waals surface area contributed by atoms with E-state index < -0.39 is 6.29 Å². The van der Waals surface area contributed by atoms with Crippen LogP contribution in [-0.2, 0) is 14.2 Å². The Kier molecular flexibility index (Phi) is 4.18. The molecule has 0 bridgehead atoms. The Morgan fingerprint density at radius 1 is 1.33 bits per heavy atom. The summed E-state index contributed by atoms with van der Waals surface area (Å²) in [5, 5.41) is 9.36. The van der Waals surface area contributed by atoms with Gasteiger partial charge in [-0.3, -0.25) is 0 Å². The Bertz CT molecular complexity index is 143. The lowest BCUT2D eigenvalue weighted by Gasteiger charge is -2.18. The van der Waals surface area contributed by atoms with E-state index in [-0.39, 0.29) is 18.3 Å². The summed E-state index contributed by atoms with van der Waals surface area (Å²) in [6.07, 6.45) is -1.47. The SMILES string of the molecule is CO[C@@H]1[C@H](OC)[C@@H](CI)O[C@H]1O. The Morgan fingerprint density at radius 3 is 2.33 bits per heavy atom.